The first-order valence-corrected chi connectivity index (χ1v) is 7.85. The fourth-order valence-corrected chi connectivity index (χ4v) is 3.12. The van der Waals surface area contributed by atoms with Gasteiger partial charge in [-0.05, 0) is 32.2 Å². The Kier molecular flexibility index (Phi) is 7.95. The summed E-state index contributed by atoms with van der Waals surface area (Å²) in [6.07, 6.45) is 2.40. The Bertz CT molecular complexity index is 472. The maximum Gasteiger partial charge on any atom is 0.130 e. The number of rotatable bonds is 6. The summed E-state index contributed by atoms with van der Waals surface area (Å²) >= 11 is 0. The van der Waals surface area contributed by atoms with Gasteiger partial charge < -0.3 is 19.9 Å². The molecule has 2 N–H and O–H groups in total. The zero-order chi connectivity index (χ0) is 16.1. The average molecular weight is 345 g/mol. The van der Waals surface area contributed by atoms with Crippen LogP contribution in [0.4, 0.5) is 0 Å². The van der Waals surface area contributed by atoms with Gasteiger partial charge in [-0.25, -0.2) is 0 Å². The molecule has 5 nitrogen and oxygen atoms in total. The van der Waals surface area contributed by atoms with Crippen molar-refractivity contribution in [3.63, 3.8) is 0 Å². The van der Waals surface area contributed by atoms with E-state index in [0.717, 1.165) is 42.4 Å². The van der Waals surface area contributed by atoms with Crippen LogP contribution in [0.1, 0.15) is 25.3 Å². The van der Waals surface area contributed by atoms with E-state index in [2.05, 4.69) is 11.8 Å². The average Bonchev–Trinajstić information content (AvgIpc) is 2.55. The molecule has 1 aliphatic rings. The molecule has 0 bridgehead atoms. The molecule has 0 saturated carbocycles. The smallest absolute Gasteiger partial charge is 0.130 e. The summed E-state index contributed by atoms with van der Waals surface area (Å²) in [6, 6.07) is 4.05. The van der Waals surface area contributed by atoms with Crippen molar-refractivity contribution in [1.82, 2.24) is 4.90 Å². The van der Waals surface area contributed by atoms with E-state index in [4.69, 9.17) is 19.9 Å². The van der Waals surface area contributed by atoms with E-state index in [-0.39, 0.29) is 18.4 Å². The van der Waals surface area contributed by atoms with Crippen LogP contribution < -0.4 is 19.9 Å². The van der Waals surface area contributed by atoms with E-state index in [1.807, 2.05) is 12.1 Å². The Hall–Kier alpha value is -1.17. The Balaban J connectivity index is 0.00000264. The van der Waals surface area contributed by atoms with Gasteiger partial charge >= 0.3 is 0 Å². The highest BCUT2D eigenvalue weighted by molar-refractivity contribution is 5.85. The number of nitrogens with two attached hydrogens (primary N) is 1. The number of methoxy groups -OCH3 is 3. The van der Waals surface area contributed by atoms with E-state index < -0.39 is 0 Å². The number of likely N-dealkylation sites (tertiary alicyclic amines) is 1. The van der Waals surface area contributed by atoms with Crippen LogP contribution >= 0.6 is 12.4 Å². The topological polar surface area (TPSA) is 57.0 Å². The van der Waals surface area contributed by atoms with E-state index in [1.54, 1.807) is 21.3 Å². The van der Waals surface area contributed by atoms with Gasteiger partial charge in [0.25, 0.3) is 0 Å². The molecule has 23 heavy (non-hydrogen) atoms. The van der Waals surface area contributed by atoms with E-state index in [1.165, 1.54) is 12.8 Å². The molecule has 0 amide bonds. The summed E-state index contributed by atoms with van der Waals surface area (Å²) in [5, 5.41) is 0. The third-order valence-electron chi connectivity index (χ3n) is 4.48. The predicted molar refractivity (Wildman–Crippen MR) is 95.0 cm³/mol. The van der Waals surface area contributed by atoms with E-state index in [9.17, 15) is 0 Å². The SMILES string of the molecule is COc1cc(OC)c(CN2CCCC(C(C)N)C2)c(OC)c1.Cl. The largest absolute Gasteiger partial charge is 0.496 e. The van der Waals surface area contributed by atoms with Gasteiger partial charge in [0, 0.05) is 31.3 Å². The van der Waals surface area contributed by atoms with Crippen molar-refractivity contribution in [1.29, 1.82) is 0 Å². The normalized spacial score (nSPS) is 19.6. The number of piperidine rings is 1. The molecule has 2 rings (SSSR count). The lowest BCUT2D eigenvalue weighted by molar-refractivity contribution is 0.151. The molecule has 1 aliphatic heterocycles. The van der Waals surface area contributed by atoms with E-state index in [0.29, 0.717) is 5.92 Å². The minimum Gasteiger partial charge on any atom is -0.496 e. The fourth-order valence-electron chi connectivity index (χ4n) is 3.12. The zero-order valence-electron chi connectivity index (χ0n) is 14.5. The number of benzene rings is 1. The van der Waals surface area contributed by atoms with Crippen molar-refractivity contribution in [3.05, 3.63) is 17.7 Å². The molecule has 0 radical (unpaired) electrons. The lowest BCUT2D eigenvalue weighted by atomic mass is 9.92. The van der Waals surface area contributed by atoms with Gasteiger partial charge in [0.15, 0.2) is 0 Å². The van der Waals surface area contributed by atoms with Crippen LogP contribution in [-0.2, 0) is 6.54 Å². The third kappa shape index (κ3) is 4.90. The molecule has 1 fully saturated rings. The van der Waals surface area contributed by atoms with Gasteiger partial charge in [-0.15, -0.1) is 12.4 Å². The predicted octanol–water partition coefficient (Wildman–Crippen LogP) is 2.69. The Morgan fingerprint density at radius 1 is 1.17 bits per heavy atom. The van der Waals surface area contributed by atoms with Gasteiger partial charge in [-0.1, -0.05) is 0 Å². The minimum atomic E-state index is 0. The van der Waals surface area contributed by atoms with Crippen LogP contribution in [0.3, 0.4) is 0 Å². The van der Waals surface area contributed by atoms with Crippen molar-refractivity contribution in [2.75, 3.05) is 34.4 Å². The van der Waals surface area contributed by atoms with Gasteiger partial charge in [0.1, 0.15) is 17.2 Å². The Morgan fingerprint density at radius 3 is 2.26 bits per heavy atom. The van der Waals surface area contributed by atoms with Crippen molar-refractivity contribution >= 4 is 12.4 Å². The van der Waals surface area contributed by atoms with Crippen LogP contribution in [0.15, 0.2) is 12.1 Å². The van der Waals surface area contributed by atoms with Crippen LogP contribution in [0, 0.1) is 5.92 Å². The van der Waals surface area contributed by atoms with Gasteiger partial charge in [0.2, 0.25) is 0 Å². The molecule has 0 aliphatic carbocycles. The maximum atomic E-state index is 6.08. The molecule has 1 saturated heterocycles. The maximum absolute atomic E-state index is 6.08. The molecule has 132 valence electrons. The van der Waals surface area contributed by atoms with Crippen LogP contribution in [0.2, 0.25) is 0 Å². The molecule has 2 unspecified atom stereocenters. The van der Waals surface area contributed by atoms with Crippen molar-refractivity contribution in [2.24, 2.45) is 11.7 Å². The first kappa shape index (κ1) is 19.9. The molecule has 1 heterocycles. The van der Waals surface area contributed by atoms with Crippen LogP contribution in [-0.4, -0.2) is 45.4 Å². The highest BCUT2D eigenvalue weighted by Crippen LogP contribution is 2.35. The molecule has 6 heteroatoms. The summed E-state index contributed by atoms with van der Waals surface area (Å²) in [7, 11) is 5.00. The molecule has 1 aromatic carbocycles. The molecular formula is C17H29ClN2O3. The summed E-state index contributed by atoms with van der Waals surface area (Å²) in [4.78, 5) is 2.43. The lowest BCUT2D eigenvalue weighted by Gasteiger charge is -2.35. The number of hydrogen-bond donors (Lipinski definition) is 1. The first-order chi connectivity index (χ1) is 10.6. The monoisotopic (exact) mass is 344 g/mol. The van der Waals surface area contributed by atoms with Crippen LogP contribution in [0.5, 0.6) is 17.2 Å². The fraction of sp³-hybridized carbons (Fsp3) is 0.647. The van der Waals surface area contributed by atoms with Gasteiger partial charge in [-0.3, -0.25) is 4.90 Å². The van der Waals surface area contributed by atoms with Gasteiger partial charge in [0.05, 0.1) is 26.9 Å². The highest BCUT2D eigenvalue weighted by Gasteiger charge is 2.24. The van der Waals surface area contributed by atoms with Gasteiger partial charge in [-0.2, -0.15) is 0 Å². The number of ether oxygens (including phenoxy) is 3. The second-order valence-corrected chi connectivity index (χ2v) is 6.01. The summed E-state index contributed by atoms with van der Waals surface area (Å²) in [5.41, 5.74) is 7.15. The number of hydrogen-bond acceptors (Lipinski definition) is 5. The third-order valence-corrected chi connectivity index (χ3v) is 4.48. The van der Waals surface area contributed by atoms with Crippen molar-refractivity contribution < 1.29 is 14.2 Å². The summed E-state index contributed by atoms with van der Waals surface area (Å²) in [6.45, 7) is 5.01. The Morgan fingerprint density at radius 2 is 1.78 bits per heavy atom. The molecule has 1 aromatic rings. The quantitative estimate of drug-likeness (QED) is 0.859. The second-order valence-electron chi connectivity index (χ2n) is 6.01. The lowest BCUT2D eigenvalue weighted by Crippen LogP contribution is -2.42. The minimum absolute atomic E-state index is 0. The zero-order valence-corrected chi connectivity index (χ0v) is 15.3. The van der Waals surface area contributed by atoms with Crippen molar-refractivity contribution in [3.8, 4) is 17.2 Å². The Labute approximate surface area is 145 Å². The van der Waals surface area contributed by atoms with Crippen LogP contribution in [0.25, 0.3) is 0 Å². The summed E-state index contributed by atoms with van der Waals surface area (Å²) < 4.78 is 16.4. The number of halogens is 1. The first-order valence-electron chi connectivity index (χ1n) is 7.85. The summed E-state index contributed by atoms with van der Waals surface area (Å²) in [5.74, 6) is 2.91. The second kappa shape index (κ2) is 9.21. The molecule has 2 atom stereocenters. The molecule has 0 spiro atoms. The van der Waals surface area contributed by atoms with Crippen molar-refractivity contribution in [2.45, 2.75) is 32.4 Å². The highest BCUT2D eigenvalue weighted by atomic mass is 35.5. The molecular weight excluding hydrogens is 316 g/mol. The number of nitrogens with zero attached hydrogens (tertiary/aromatic N) is 1. The standard InChI is InChI=1S/C17H28N2O3.ClH/c1-12(18)13-6-5-7-19(10-13)11-15-16(21-3)8-14(20-2)9-17(15)22-4;/h8-9,12-13H,5-7,10-11,18H2,1-4H3;1H. The van der Waals surface area contributed by atoms with E-state index >= 15 is 0 Å². The molecule has 0 aromatic heterocycles.